The van der Waals surface area contributed by atoms with Gasteiger partial charge in [0.2, 0.25) is 0 Å². The lowest BCUT2D eigenvalue weighted by Gasteiger charge is -2.03. The van der Waals surface area contributed by atoms with Gasteiger partial charge in [0.1, 0.15) is 11.4 Å². The minimum atomic E-state index is -0.304. The summed E-state index contributed by atoms with van der Waals surface area (Å²) in [7, 11) is 0. The van der Waals surface area contributed by atoms with Gasteiger partial charge in [-0.05, 0) is 13.0 Å². The van der Waals surface area contributed by atoms with Crippen LogP contribution in [0, 0.1) is 6.92 Å². The molecule has 1 heterocycles. The Labute approximate surface area is 86.8 Å². The summed E-state index contributed by atoms with van der Waals surface area (Å²) in [6.07, 6.45) is 1.36. The maximum Gasteiger partial charge on any atom is 0.274 e. The number of aromatic nitrogens is 2. The number of hydrogen-bond acceptors (Lipinski definition) is 3. The Morgan fingerprint density at radius 2 is 2.20 bits per heavy atom. The van der Waals surface area contributed by atoms with Crippen LogP contribution in [0.4, 0.5) is 5.69 Å². The summed E-state index contributed by atoms with van der Waals surface area (Å²) in [5.74, 6) is 0. The van der Waals surface area contributed by atoms with Gasteiger partial charge in [-0.2, -0.15) is 0 Å². The molecule has 0 aliphatic heterocycles. The Balaban J connectivity index is 2.64. The summed E-state index contributed by atoms with van der Waals surface area (Å²) in [5.41, 5.74) is 8.01. The molecule has 0 aliphatic rings. The van der Waals surface area contributed by atoms with Crippen LogP contribution in [0.25, 0.3) is 11.3 Å². The van der Waals surface area contributed by atoms with Crippen LogP contribution in [-0.4, -0.2) is 9.97 Å². The molecule has 0 saturated carbocycles. The average molecular weight is 201 g/mol. The van der Waals surface area contributed by atoms with Gasteiger partial charge < -0.3 is 10.7 Å². The quantitative estimate of drug-likeness (QED) is 0.731. The first-order valence-corrected chi connectivity index (χ1v) is 4.58. The van der Waals surface area contributed by atoms with Crippen molar-refractivity contribution in [2.24, 2.45) is 0 Å². The monoisotopic (exact) mass is 201 g/mol. The maximum absolute atomic E-state index is 11.3. The first-order valence-electron chi connectivity index (χ1n) is 4.58. The van der Waals surface area contributed by atoms with E-state index in [2.05, 4.69) is 9.97 Å². The van der Waals surface area contributed by atoms with E-state index in [-0.39, 0.29) is 11.2 Å². The Morgan fingerprint density at radius 3 is 2.93 bits per heavy atom. The smallest absolute Gasteiger partial charge is 0.274 e. The van der Waals surface area contributed by atoms with Crippen LogP contribution in [-0.2, 0) is 0 Å². The number of anilines is 1. The zero-order valence-electron chi connectivity index (χ0n) is 8.32. The summed E-state index contributed by atoms with van der Waals surface area (Å²) in [5, 5.41) is 0. The number of rotatable bonds is 1. The first-order chi connectivity index (χ1) is 7.18. The number of aromatic amines is 1. The standard InChI is InChI=1S/C11H11N3O/c1-7-3-2-4-8(5-7)10-9(12)11(15)14-6-13-10/h2-6H,12H2,1H3,(H,13,14,15). The van der Waals surface area contributed by atoms with Crippen molar-refractivity contribution < 1.29 is 0 Å². The van der Waals surface area contributed by atoms with E-state index < -0.39 is 0 Å². The lowest BCUT2D eigenvalue weighted by molar-refractivity contribution is 1.13. The number of nitrogens with one attached hydrogen (secondary N) is 1. The van der Waals surface area contributed by atoms with Crippen molar-refractivity contribution in [2.45, 2.75) is 6.92 Å². The van der Waals surface area contributed by atoms with Gasteiger partial charge in [-0.25, -0.2) is 4.98 Å². The molecule has 15 heavy (non-hydrogen) atoms. The molecule has 1 aromatic heterocycles. The molecule has 1 aromatic carbocycles. The van der Waals surface area contributed by atoms with Gasteiger partial charge in [-0.15, -0.1) is 0 Å². The van der Waals surface area contributed by atoms with Gasteiger partial charge in [-0.1, -0.05) is 23.8 Å². The van der Waals surface area contributed by atoms with Gasteiger partial charge in [-0.3, -0.25) is 4.79 Å². The second kappa shape index (κ2) is 3.57. The molecule has 0 aliphatic carbocycles. The van der Waals surface area contributed by atoms with E-state index in [0.717, 1.165) is 11.1 Å². The fourth-order valence-electron chi connectivity index (χ4n) is 1.43. The summed E-state index contributed by atoms with van der Waals surface area (Å²) in [6, 6.07) is 7.71. The molecule has 0 atom stereocenters. The largest absolute Gasteiger partial charge is 0.392 e. The van der Waals surface area contributed by atoms with Crippen LogP contribution in [0.1, 0.15) is 5.56 Å². The fourth-order valence-corrected chi connectivity index (χ4v) is 1.43. The number of nitrogen functional groups attached to an aromatic ring is 1. The van der Waals surface area contributed by atoms with Crippen molar-refractivity contribution in [3.63, 3.8) is 0 Å². The Morgan fingerprint density at radius 1 is 1.40 bits per heavy atom. The van der Waals surface area contributed by atoms with Crippen molar-refractivity contribution in [1.82, 2.24) is 9.97 Å². The molecule has 0 fully saturated rings. The van der Waals surface area contributed by atoms with Gasteiger partial charge >= 0.3 is 0 Å². The highest BCUT2D eigenvalue weighted by molar-refractivity contribution is 5.71. The fraction of sp³-hybridized carbons (Fsp3) is 0.0909. The van der Waals surface area contributed by atoms with Crippen molar-refractivity contribution in [3.05, 3.63) is 46.5 Å². The lowest BCUT2D eigenvalue weighted by atomic mass is 10.1. The van der Waals surface area contributed by atoms with Crippen molar-refractivity contribution in [3.8, 4) is 11.3 Å². The number of nitrogens with zero attached hydrogens (tertiary/aromatic N) is 1. The Bertz CT molecular complexity index is 546. The Hall–Kier alpha value is -2.10. The highest BCUT2D eigenvalue weighted by atomic mass is 16.1. The van der Waals surface area contributed by atoms with Crippen LogP contribution in [0.15, 0.2) is 35.4 Å². The van der Waals surface area contributed by atoms with Crippen LogP contribution < -0.4 is 11.3 Å². The molecule has 0 amide bonds. The molecule has 0 bridgehead atoms. The minimum absolute atomic E-state index is 0.156. The molecule has 2 rings (SSSR count). The van der Waals surface area contributed by atoms with Gasteiger partial charge in [0.15, 0.2) is 0 Å². The summed E-state index contributed by atoms with van der Waals surface area (Å²) >= 11 is 0. The van der Waals surface area contributed by atoms with E-state index >= 15 is 0 Å². The van der Waals surface area contributed by atoms with E-state index in [1.165, 1.54) is 6.33 Å². The van der Waals surface area contributed by atoms with E-state index in [1.807, 2.05) is 31.2 Å². The van der Waals surface area contributed by atoms with E-state index in [9.17, 15) is 4.79 Å². The zero-order chi connectivity index (χ0) is 10.8. The van der Waals surface area contributed by atoms with Crippen molar-refractivity contribution >= 4 is 5.69 Å². The summed E-state index contributed by atoms with van der Waals surface area (Å²) in [6.45, 7) is 1.98. The number of aryl methyl sites for hydroxylation is 1. The Kier molecular flexibility index (Phi) is 2.25. The predicted octanol–water partition coefficient (Wildman–Crippen LogP) is 1.33. The summed E-state index contributed by atoms with van der Waals surface area (Å²) in [4.78, 5) is 17.8. The van der Waals surface area contributed by atoms with Crippen LogP contribution in [0.5, 0.6) is 0 Å². The molecule has 76 valence electrons. The van der Waals surface area contributed by atoms with E-state index in [1.54, 1.807) is 0 Å². The minimum Gasteiger partial charge on any atom is -0.392 e. The van der Waals surface area contributed by atoms with Gasteiger partial charge in [0.05, 0.1) is 6.33 Å². The zero-order valence-corrected chi connectivity index (χ0v) is 8.32. The highest BCUT2D eigenvalue weighted by Crippen LogP contribution is 2.20. The average Bonchev–Trinajstić information content (AvgIpc) is 2.22. The lowest BCUT2D eigenvalue weighted by Crippen LogP contribution is -2.13. The molecule has 0 radical (unpaired) electrons. The normalized spacial score (nSPS) is 10.2. The number of nitrogens with two attached hydrogens (primary N) is 1. The molecule has 2 aromatic rings. The number of hydrogen-bond donors (Lipinski definition) is 2. The van der Waals surface area contributed by atoms with E-state index in [4.69, 9.17) is 5.73 Å². The van der Waals surface area contributed by atoms with Crippen molar-refractivity contribution in [2.75, 3.05) is 5.73 Å². The molecular weight excluding hydrogens is 190 g/mol. The van der Waals surface area contributed by atoms with Crippen molar-refractivity contribution in [1.29, 1.82) is 0 Å². The summed E-state index contributed by atoms with van der Waals surface area (Å²) < 4.78 is 0. The molecule has 0 unspecified atom stereocenters. The van der Waals surface area contributed by atoms with Crippen LogP contribution in [0.2, 0.25) is 0 Å². The van der Waals surface area contributed by atoms with Crippen LogP contribution in [0.3, 0.4) is 0 Å². The molecular formula is C11H11N3O. The third-order valence-electron chi connectivity index (χ3n) is 2.18. The van der Waals surface area contributed by atoms with Crippen LogP contribution >= 0.6 is 0 Å². The molecule has 4 heteroatoms. The second-order valence-corrected chi connectivity index (χ2v) is 3.36. The second-order valence-electron chi connectivity index (χ2n) is 3.36. The predicted molar refractivity (Wildman–Crippen MR) is 59.4 cm³/mol. The highest BCUT2D eigenvalue weighted by Gasteiger charge is 2.06. The number of benzene rings is 1. The van der Waals surface area contributed by atoms with Gasteiger partial charge in [0, 0.05) is 5.56 Å². The topological polar surface area (TPSA) is 71.8 Å². The third-order valence-corrected chi connectivity index (χ3v) is 2.18. The maximum atomic E-state index is 11.3. The van der Waals surface area contributed by atoms with Gasteiger partial charge in [0.25, 0.3) is 5.56 Å². The first kappa shape index (κ1) is 9.45. The third kappa shape index (κ3) is 1.74. The molecule has 0 saturated heterocycles. The molecule has 0 spiro atoms. The molecule has 4 nitrogen and oxygen atoms in total. The molecule has 3 N–H and O–H groups in total. The SMILES string of the molecule is Cc1cccc(-c2nc[nH]c(=O)c2N)c1. The number of H-pyrrole nitrogens is 1. The van der Waals surface area contributed by atoms with E-state index in [0.29, 0.717) is 5.69 Å².